The third-order valence-corrected chi connectivity index (χ3v) is 5.70. The van der Waals surface area contributed by atoms with Crippen LogP contribution in [0.25, 0.3) is 0 Å². The zero-order valence-corrected chi connectivity index (χ0v) is 12.6. The summed E-state index contributed by atoms with van der Waals surface area (Å²) in [6.07, 6.45) is 0. The van der Waals surface area contributed by atoms with Gasteiger partial charge in [0.25, 0.3) is 0 Å². The number of hydrogen-bond donors (Lipinski definition) is 1. The largest absolute Gasteiger partial charge is 0.507 e. The van der Waals surface area contributed by atoms with E-state index in [2.05, 4.69) is 0 Å². The third-order valence-electron chi connectivity index (χ3n) is 2.53. The number of halogens is 1. The smallest absolute Gasteiger partial charge is 0.211 e. The Hall–Kier alpha value is -1.08. The number of sulfone groups is 1. The quantitative estimate of drug-likeness (QED) is 0.822. The zero-order chi connectivity index (χ0) is 13.3. The predicted molar refractivity (Wildman–Crippen MR) is 77.5 cm³/mol. The average Bonchev–Trinajstić information content (AvgIpc) is 2.28. The molecule has 94 valence electrons. The first-order valence-electron chi connectivity index (χ1n) is 5.22. The first-order valence-corrected chi connectivity index (χ1v) is 7.78. The van der Waals surface area contributed by atoms with Crippen molar-refractivity contribution in [2.45, 2.75) is 16.7 Å². The Morgan fingerprint density at radius 3 is 2.33 bits per heavy atom. The molecule has 0 unspecified atom stereocenters. The van der Waals surface area contributed by atoms with Gasteiger partial charge in [0.2, 0.25) is 9.84 Å². The minimum Gasteiger partial charge on any atom is -0.507 e. The van der Waals surface area contributed by atoms with E-state index in [4.69, 9.17) is 0 Å². The summed E-state index contributed by atoms with van der Waals surface area (Å²) in [4.78, 5) is 0.155. The second-order valence-corrected chi connectivity index (χ2v) is 6.95. The van der Waals surface area contributed by atoms with Gasteiger partial charge in [0.1, 0.15) is 10.6 Å². The van der Waals surface area contributed by atoms with Crippen molar-refractivity contribution in [2.75, 3.05) is 0 Å². The highest BCUT2D eigenvalue weighted by atomic mass is 127. The van der Waals surface area contributed by atoms with Crippen LogP contribution in [0.5, 0.6) is 5.75 Å². The maximum Gasteiger partial charge on any atom is 0.211 e. The molecule has 0 heterocycles. The van der Waals surface area contributed by atoms with Gasteiger partial charge >= 0.3 is 0 Å². The molecule has 0 spiro atoms. The van der Waals surface area contributed by atoms with E-state index in [0.29, 0.717) is 3.57 Å². The van der Waals surface area contributed by atoms with Crippen molar-refractivity contribution in [1.29, 1.82) is 0 Å². The summed E-state index contributed by atoms with van der Waals surface area (Å²) in [6, 6.07) is 11.2. The first-order chi connectivity index (χ1) is 8.43. The zero-order valence-electron chi connectivity index (χ0n) is 9.59. The van der Waals surface area contributed by atoms with Crippen molar-refractivity contribution in [3.05, 3.63) is 51.6 Å². The molecule has 5 heteroatoms. The Bertz CT molecular complexity index is 693. The number of benzene rings is 2. The molecule has 2 aromatic rings. The molecule has 0 saturated carbocycles. The maximum atomic E-state index is 12.4. The molecule has 0 aliphatic carbocycles. The SMILES string of the molecule is Cc1ccc(S(=O)(=O)c2ccccc2I)c(O)c1. The Balaban J connectivity index is 2.66. The van der Waals surface area contributed by atoms with Crippen LogP contribution in [0.1, 0.15) is 5.56 Å². The molecule has 0 atom stereocenters. The molecule has 0 radical (unpaired) electrons. The molecule has 18 heavy (non-hydrogen) atoms. The molecule has 0 fully saturated rings. The summed E-state index contributed by atoms with van der Waals surface area (Å²) in [5.41, 5.74) is 0.814. The lowest BCUT2D eigenvalue weighted by Gasteiger charge is -2.08. The summed E-state index contributed by atoms with van der Waals surface area (Å²) in [6.45, 7) is 1.79. The van der Waals surface area contributed by atoms with Gasteiger partial charge in [-0.15, -0.1) is 0 Å². The molecule has 1 N–H and O–H groups in total. The van der Waals surface area contributed by atoms with Crippen LogP contribution in [0.4, 0.5) is 0 Å². The molecular weight excluding hydrogens is 363 g/mol. The molecule has 0 aromatic heterocycles. The molecule has 0 aliphatic rings. The van der Waals surface area contributed by atoms with Crippen molar-refractivity contribution in [3.63, 3.8) is 0 Å². The van der Waals surface area contributed by atoms with E-state index in [1.165, 1.54) is 18.2 Å². The highest BCUT2D eigenvalue weighted by Gasteiger charge is 2.23. The summed E-state index contributed by atoms with van der Waals surface area (Å²) >= 11 is 1.97. The van der Waals surface area contributed by atoms with E-state index < -0.39 is 9.84 Å². The van der Waals surface area contributed by atoms with Crippen LogP contribution in [-0.4, -0.2) is 13.5 Å². The summed E-state index contributed by atoms with van der Waals surface area (Å²) in [7, 11) is -3.67. The molecule has 3 nitrogen and oxygen atoms in total. The second-order valence-electron chi connectivity index (χ2n) is 3.91. The Morgan fingerprint density at radius 1 is 1.06 bits per heavy atom. The van der Waals surface area contributed by atoms with Gasteiger partial charge in [-0.2, -0.15) is 0 Å². The average molecular weight is 374 g/mol. The van der Waals surface area contributed by atoms with Crippen LogP contribution in [0.3, 0.4) is 0 Å². The van der Waals surface area contributed by atoms with Crippen LogP contribution in [0, 0.1) is 10.5 Å². The molecule has 0 aliphatic heterocycles. The molecule has 0 amide bonds. The van der Waals surface area contributed by atoms with Crippen LogP contribution >= 0.6 is 22.6 Å². The number of aryl methyl sites for hydroxylation is 1. The fraction of sp³-hybridized carbons (Fsp3) is 0.0769. The lowest BCUT2D eigenvalue weighted by Crippen LogP contribution is -2.04. The van der Waals surface area contributed by atoms with Crippen molar-refractivity contribution >= 4 is 32.4 Å². The molecule has 2 rings (SSSR count). The lowest BCUT2D eigenvalue weighted by atomic mass is 10.2. The molecular formula is C13H11IO3S. The van der Waals surface area contributed by atoms with Gasteiger partial charge in [-0.05, 0) is 59.3 Å². The third kappa shape index (κ3) is 2.37. The highest BCUT2D eigenvalue weighted by Crippen LogP contribution is 2.31. The first kappa shape index (κ1) is 13.4. The number of hydrogen-bond acceptors (Lipinski definition) is 3. The van der Waals surface area contributed by atoms with Gasteiger partial charge in [0, 0.05) is 3.57 Å². The standard InChI is InChI=1S/C13H11IO3S/c1-9-6-7-13(11(15)8-9)18(16,17)12-5-3-2-4-10(12)14/h2-8,15H,1H3. The summed E-state index contributed by atoms with van der Waals surface area (Å²) in [5, 5.41) is 9.80. The molecule has 0 bridgehead atoms. The van der Waals surface area contributed by atoms with Gasteiger partial charge in [0.05, 0.1) is 4.90 Å². The van der Waals surface area contributed by atoms with Crippen LogP contribution in [0.2, 0.25) is 0 Å². The topological polar surface area (TPSA) is 54.4 Å². The van der Waals surface area contributed by atoms with Gasteiger partial charge in [-0.3, -0.25) is 0 Å². The number of rotatable bonds is 2. The Labute approximate surface area is 120 Å². The maximum absolute atomic E-state index is 12.4. The van der Waals surface area contributed by atoms with E-state index in [1.807, 2.05) is 22.6 Å². The normalized spacial score (nSPS) is 11.4. The van der Waals surface area contributed by atoms with Crippen LogP contribution < -0.4 is 0 Å². The van der Waals surface area contributed by atoms with Gasteiger partial charge in [-0.1, -0.05) is 18.2 Å². The molecule has 2 aromatic carbocycles. The number of phenols is 1. The Morgan fingerprint density at radius 2 is 1.72 bits per heavy atom. The number of aromatic hydroxyl groups is 1. The lowest BCUT2D eigenvalue weighted by molar-refractivity contribution is 0.458. The van der Waals surface area contributed by atoms with E-state index in [1.54, 1.807) is 31.2 Å². The summed E-state index contributed by atoms with van der Waals surface area (Å²) in [5.74, 6) is -0.213. The van der Waals surface area contributed by atoms with Crippen molar-refractivity contribution in [1.82, 2.24) is 0 Å². The van der Waals surface area contributed by atoms with E-state index in [9.17, 15) is 13.5 Å². The van der Waals surface area contributed by atoms with Gasteiger partial charge in [-0.25, -0.2) is 8.42 Å². The Kier molecular flexibility index (Phi) is 3.63. The highest BCUT2D eigenvalue weighted by molar-refractivity contribution is 14.1. The van der Waals surface area contributed by atoms with Crippen molar-refractivity contribution in [3.8, 4) is 5.75 Å². The summed E-state index contributed by atoms with van der Waals surface area (Å²) < 4.78 is 25.5. The van der Waals surface area contributed by atoms with E-state index >= 15 is 0 Å². The molecule has 0 saturated heterocycles. The number of phenolic OH excluding ortho intramolecular Hbond substituents is 1. The van der Waals surface area contributed by atoms with Crippen molar-refractivity contribution < 1.29 is 13.5 Å². The van der Waals surface area contributed by atoms with Gasteiger partial charge < -0.3 is 5.11 Å². The van der Waals surface area contributed by atoms with E-state index in [0.717, 1.165) is 5.56 Å². The monoisotopic (exact) mass is 374 g/mol. The minimum absolute atomic E-state index is 0.0581. The fourth-order valence-corrected chi connectivity index (χ4v) is 4.29. The predicted octanol–water partition coefficient (Wildman–Crippen LogP) is 3.14. The van der Waals surface area contributed by atoms with Gasteiger partial charge in [0.15, 0.2) is 0 Å². The fourth-order valence-electron chi connectivity index (χ4n) is 1.64. The minimum atomic E-state index is -3.67. The van der Waals surface area contributed by atoms with Crippen molar-refractivity contribution in [2.24, 2.45) is 0 Å². The van der Waals surface area contributed by atoms with Crippen LogP contribution in [0.15, 0.2) is 52.3 Å². The van der Waals surface area contributed by atoms with Crippen LogP contribution in [-0.2, 0) is 9.84 Å². The second kappa shape index (κ2) is 4.89. The van der Waals surface area contributed by atoms with E-state index in [-0.39, 0.29) is 15.5 Å².